The van der Waals surface area contributed by atoms with E-state index in [0.717, 1.165) is 74.2 Å². The van der Waals surface area contributed by atoms with Gasteiger partial charge in [-0.25, -0.2) is 0 Å². The number of rotatable bonds is 9. The van der Waals surface area contributed by atoms with Gasteiger partial charge in [0, 0.05) is 41.2 Å². The standard InChI is InChI=1S/C33H40N4O3/c1-37-19-17-26(18-20-37)40-25-14-11-23(12-15-25)32(35)28-21-24(13-16-29(28)34)36-33(38)31(22-7-3-4-8-22)27-9-5-6-10-30(27)39-2/h5-6,9-16,21-22,26,31,35H,3-4,7-8,17-20,34H2,1-2H3,(H,36,38). The lowest BCUT2D eigenvalue weighted by molar-refractivity contribution is -0.118. The van der Waals surface area contributed by atoms with E-state index in [-0.39, 0.29) is 23.8 Å². The number of benzene rings is 3. The monoisotopic (exact) mass is 540 g/mol. The quantitative estimate of drug-likeness (QED) is 0.226. The number of nitrogens with two attached hydrogens (primary N) is 1. The summed E-state index contributed by atoms with van der Waals surface area (Å²) in [7, 11) is 3.78. The zero-order valence-corrected chi connectivity index (χ0v) is 23.5. The number of hydrogen-bond acceptors (Lipinski definition) is 6. The molecule has 1 amide bonds. The molecule has 1 heterocycles. The van der Waals surface area contributed by atoms with Gasteiger partial charge < -0.3 is 25.4 Å². The average Bonchev–Trinajstić information content (AvgIpc) is 3.50. The van der Waals surface area contributed by atoms with E-state index in [1.807, 2.05) is 48.5 Å². The van der Waals surface area contributed by atoms with Crippen LogP contribution in [-0.4, -0.2) is 49.9 Å². The predicted molar refractivity (Wildman–Crippen MR) is 161 cm³/mol. The molecule has 40 heavy (non-hydrogen) atoms. The lowest BCUT2D eigenvalue weighted by Crippen LogP contribution is -2.35. The molecule has 3 aromatic rings. The van der Waals surface area contributed by atoms with Crippen LogP contribution in [0.15, 0.2) is 66.7 Å². The zero-order chi connectivity index (χ0) is 28.1. The molecular formula is C33H40N4O3. The third kappa shape index (κ3) is 6.31. The Morgan fingerprint density at radius 1 is 1.00 bits per heavy atom. The molecule has 2 fully saturated rings. The normalized spacial score (nSPS) is 17.4. The van der Waals surface area contributed by atoms with Gasteiger partial charge in [0.05, 0.1) is 18.7 Å². The van der Waals surface area contributed by atoms with E-state index in [1.165, 1.54) is 0 Å². The number of hydrogen-bond donors (Lipinski definition) is 3. The van der Waals surface area contributed by atoms with Crippen LogP contribution < -0.4 is 20.5 Å². The summed E-state index contributed by atoms with van der Waals surface area (Å²) in [4.78, 5) is 16.1. The van der Waals surface area contributed by atoms with E-state index < -0.39 is 0 Å². The fourth-order valence-corrected chi connectivity index (χ4v) is 6.04. The van der Waals surface area contributed by atoms with E-state index in [4.69, 9.17) is 20.6 Å². The second-order valence-corrected chi connectivity index (χ2v) is 11.1. The minimum Gasteiger partial charge on any atom is -0.496 e. The summed E-state index contributed by atoms with van der Waals surface area (Å²) < 4.78 is 11.8. The number of methoxy groups -OCH3 is 1. The molecule has 1 unspecified atom stereocenters. The van der Waals surface area contributed by atoms with Crippen molar-refractivity contribution in [2.75, 3.05) is 38.3 Å². The number of ether oxygens (including phenoxy) is 2. The average molecular weight is 541 g/mol. The Kier molecular flexibility index (Phi) is 8.70. The van der Waals surface area contributed by atoms with E-state index in [0.29, 0.717) is 22.6 Å². The first-order chi connectivity index (χ1) is 19.4. The molecule has 4 N–H and O–H groups in total. The minimum atomic E-state index is -0.309. The van der Waals surface area contributed by atoms with Gasteiger partial charge in [0.1, 0.15) is 17.6 Å². The van der Waals surface area contributed by atoms with Crippen molar-refractivity contribution in [3.8, 4) is 11.5 Å². The first-order valence-corrected chi connectivity index (χ1v) is 14.3. The van der Waals surface area contributed by atoms with Crippen molar-refractivity contribution in [3.05, 3.63) is 83.4 Å². The van der Waals surface area contributed by atoms with Gasteiger partial charge in [-0.05, 0) is 87.2 Å². The van der Waals surface area contributed by atoms with E-state index in [1.54, 1.807) is 25.3 Å². The van der Waals surface area contributed by atoms with Crippen molar-refractivity contribution in [1.82, 2.24) is 4.90 Å². The molecule has 0 aromatic heterocycles. The van der Waals surface area contributed by atoms with Crippen LogP contribution in [0.4, 0.5) is 11.4 Å². The van der Waals surface area contributed by atoms with Crippen LogP contribution in [0.5, 0.6) is 11.5 Å². The fraction of sp³-hybridized carbons (Fsp3) is 0.394. The van der Waals surface area contributed by atoms with Crippen molar-refractivity contribution in [2.45, 2.75) is 50.5 Å². The molecule has 1 saturated heterocycles. The van der Waals surface area contributed by atoms with E-state index in [2.05, 4.69) is 17.3 Å². The maximum atomic E-state index is 13.8. The fourth-order valence-electron chi connectivity index (χ4n) is 6.04. The second-order valence-electron chi connectivity index (χ2n) is 11.1. The zero-order valence-electron chi connectivity index (χ0n) is 23.5. The van der Waals surface area contributed by atoms with Crippen molar-refractivity contribution >= 4 is 23.0 Å². The summed E-state index contributed by atoms with van der Waals surface area (Å²) in [5.41, 5.74) is 9.97. The lowest BCUT2D eigenvalue weighted by Gasteiger charge is -2.29. The summed E-state index contributed by atoms with van der Waals surface area (Å²) >= 11 is 0. The molecule has 1 aliphatic carbocycles. The van der Waals surface area contributed by atoms with Crippen LogP contribution >= 0.6 is 0 Å². The topological polar surface area (TPSA) is 101 Å². The number of amides is 1. The highest BCUT2D eigenvalue weighted by Gasteiger charge is 2.34. The lowest BCUT2D eigenvalue weighted by atomic mass is 9.83. The van der Waals surface area contributed by atoms with Gasteiger partial charge in [0.2, 0.25) is 5.91 Å². The van der Waals surface area contributed by atoms with Crippen LogP contribution in [0.2, 0.25) is 0 Å². The number of nitrogen functional groups attached to an aromatic ring is 1. The summed E-state index contributed by atoms with van der Waals surface area (Å²) in [5.74, 6) is 1.44. The Morgan fingerprint density at radius 2 is 1.70 bits per heavy atom. The Bertz CT molecular complexity index is 1330. The highest BCUT2D eigenvalue weighted by Crippen LogP contribution is 2.41. The van der Waals surface area contributed by atoms with Gasteiger partial charge in [-0.3, -0.25) is 10.2 Å². The maximum absolute atomic E-state index is 13.8. The molecule has 210 valence electrons. The van der Waals surface area contributed by atoms with Crippen LogP contribution in [0.25, 0.3) is 0 Å². The first-order valence-electron chi connectivity index (χ1n) is 14.3. The van der Waals surface area contributed by atoms with Crippen molar-refractivity contribution in [2.24, 2.45) is 5.92 Å². The summed E-state index contributed by atoms with van der Waals surface area (Å²) in [5, 5.41) is 12.0. The van der Waals surface area contributed by atoms with Crippen LogP contribution in [0, 0.1) is 11.3 Å². The number of para-hydroxylation sites is 1. The Morgan fingerprint density at radius 3 is 2.40 bits per heavy atom. The summed E-state index contributed by atoms with van der Waals surface area (Å²) in [6, 6.07) is 20.8. The van der Waals surface area contributed by atoms with Crippen LogP contribution in [0.1, 0.15) is 61.1 Å². The molecule has 3 aromatic carbocycles. The second kappa shape index (κ2) is 12.6. The molecule has 7 heteroatoms. The SMILES string of the molecule is COc1ccccc1C(C(=O)Nc1ccc(N)c(C(=N)c2ccc(OC3CCN(C)CC3)cc2)c1)C1CCCC1. The number of anilines is 2. The molecular weight excluding hydrogens is 500 g/mol. The van der Waals surface area contributed by atoms with Gasteiger partial charge in [-0.1, -0.05) is 31.0 Å². The van der Waals surface area contributed by atoms with E-state index in [9.17, 15) is 4.79 Å². The van der Waals surface area contributed by atoms with Gasteiger partial charge >= 0.3 is 0 Å². The number of likely N-dealkylation sites (tertiary alicyclic amines) is 1. The number of nitrogens with one attached hydrogen (secondary N) is 2. The molecule has 2 aliphatic rings. The molecule has 0 bridgehead atoms. The third-order valence-electron chi connectivity index (χ3n) is 8.33. The van der Waals surface area contributed by atoms with E-state index >= 15 is 0 Å². The van der Waals surface area contributed by atoms with Gasteiger partial charge in [-0.2, -0.15) is 0 Å². The number of carbonyl (C=O) groups excluding carboxylic acids is 1. The molecule has 1 atom stereocenters. The van der Waals surface area contributed by atoms with Gasteiger partial charge in [0.15, 0.2) is 0 Å². The first kappa shape index (κ1) is 27.7. The minimum absolute atomic E-state index is 0.0611. The van der Waals surface area contributed by atoms with Crippen molar-refractivity contribution in [1.29, 1.82) is 5.41 Å². The number of piperidine rings is 1. The maximum Gasteiger partial charge on any atom is 0.232 e. The van der Waals surface area contributed by atoms with Gasteiger partial charge in [-0.15, -0.1) is 0 Å². The number of carbonyl (C=O) groups is 1. The summed E-state index contributed by atoms with van der Waals surface area (Å²) in [6.45, 7) is 2.08. The smallest absolute Gasteiger partial charge is 0.232 e. The third-order valence-corrected chi connectivity index (χ3v) is 8.33. The van der Waals surface area contributed by atoms with Gasteiger partial charge in [0.25, 0.3) is 0 Å². The Hall–Kier alpha value is -3.84. The largest absolute Gasteiger partial charge is 0.496 e. The Labute approximate surface area is 237 Å². The van der Waals surface area contributed by atoms with Crippen molar-refractivity contribution < 1.29 is 14.3 Å². The van der Waals surface area contributed by atoms with Crippen molar-refractivity contribution in [3.63, 3.8) is 0 Å². The molecule has 0 radical (unpaired) electrons. The predicted octanol–water partition coefficient (Wildman–Crippen LogP) is 6.08. The molecule has 0 spiro atoms. The molecule has 1 aliphatic heterocycles. The highest BCUT2D eigenvalue weighted by molar-refractivity contribution is 6.14. The number of nitrogens with zero attached hydrogens (tertiary/aromatic N) is 1. The molecule has 7 nitrogen and oxygen atoms in total. The Balaban J connectivity index is 1.32. The van der Waals surface area contributed by atoms with Crippen LogP contribution in [-0.2, 0) is 4.79 Å². The highest BCUT2D eigenvalue weighted by atomic mass is 16.5. The summed E-state index contributed by atoms with van der Waals surface area (Å²) in [6.07, 6.45) is 6.56. The molecule has 5 rings (SSSR count). The van der Waals surface area contributed by atoms with Crippen LogP contribution in [0.3, 0.4) is 0 Å². The molecule has 1 saturated carbocycles.